The van der Waals surface area contributed by atoms with Gasteiger partial charge in [0, 0.05) is 38.5 Å². The van der Waals surface area contributed by atoms with Crippen LogP contribution in [0.25, 0.3) is 0 Å². The number of hydrogen-bond donors (Lipinski definition) is 2. The van der Waals surface area contributed by atoms with Crippen LogP contribution in [0.4, 0.5) is 0 Å². The van der Waals surface area contributed by atoms with E-state index < -0.39 is 5.41 Å². The predicted molar refractivity (Wildman–Crippen MR) is 80.9 cm³/mol. The zero-order valence-electron chi connectivity index (χ0n) is 13.0. The van der Waals surface area contributed by atoms with Crippen molar-refractivity contribution in [3.05, 3.63) is 17.5 Å². The van der Waals surface area contributed by atoms with Crippen LogP contribution in [0.2, 0.25) is 0 Å². The van der Waals surface area contributed by atoms with Gasteiger partial charge in [-0.05, 0) is 39.2 Å². The number of aromatic nitrogens is 2. The fraction of sp³-hybridized carbons (Fsp3) is 0.733. The van der Waals surface area contributed by atoms with E-state index in [1.54, 1.807) is 0 Å². The second-order valence-corrected chi connectivity index (χ2v) is 5.86. The maximum atomic E-state index is 12.4. The highest BCUT2D eigenvalue weighted by Gasteiger charge is 2.38. The molecule has 21 heavy (non-hydrogen) atoms. The molecular weight excluding hydrogens is 268 g/mol. The maximum absolute atomic E-state index is 12.4. The van der Waals surface area contributed by atoms with Crippen molar-refractivity contribution >= 4 is 5.91 Å². The molecule has 0 atom stereocenters. The van der Waals surface area contributed by atoms with E-state index in [0.717, 1.165) is 24.4 Å². The van der Waals surface area contributed by atoms with Crippen LogP contribution >= 0.6 is 0 Å². The maximum Gasteiger partial charge on any atom is 0.227 e. The highest BCUT2D eigenvalue weighted by molar-refractivity contribution is 5.83. The number of rotatable bonds is 6. The van der Waals surface area contributed by atoms with Gasteiger partial charge >= 0.3 is 0 Å². The zero-order chi connectivity index (χ0) is 15.3. The van der Waals surface area contributed by atoms with Crippen LogP contribution in [0, 0.1) is 19.3 Å². The Labute approximate surface area is 126 Å². The standard InChI is InChI=1S/C15H26N4O2/c1-12-10-13(2)19(18-12)7-3-6-17-14(20)15(11-16)4-8-21-9-5-15/h10H,3-9,11,16H2,1-2H3,(H,17,20). The van der Waals surface area contributed by atoms with Crippen LogP contribution in [-0.4, -0.2) is 42.0 Å². The van der Waals surface area contributed by atoms with Crippen molar-refractivity contribution in [3.8, 4) is 0 Å². The van der Waals surface area contributed by atoms with Crippen LogP contribution in [0.5, 0.6) is 0 Å². The fourth-order valence-electron chi connectivity index (χ4n) is 2.81. The molecule has 6 heteroatoms. The van der Waals surface area contributed by atoms with Crippen LogP contribution in [0.15, 0.2) is 6.07 Å². The van der Waals surface area contributed by atoms with Crippen molar-refractivity contribution in [2.24, 2.45) is 11.1 Å². The molecule has 1 saturated heterocycles. The molecule has 2 rings (SSSR count). The monoisotopic (exact) mass is 294 g/mol. The second-order valence-electron chi connectivity index (χ2n) is 5.86. The molecular formula is C15H26N4O2. The van der Waals surface area contributed by atoms with E-state index in [0.29, 0.717) is 39.1 Å². The molecule has 0 aromatic carbocycles. The van der Waals surface area contributed by atoms with E-state index in [4.69, 9.17) is 10.5 Å². The Bertz CT molecular complexity index is 478. The lowest BCUT2D eigenvalue weighted by Gasteiger charge is -2.34. The number of nitrogens with one attached hydrogen (secondary N) is 1. The first-order valence-electron chi connectivity index (χ1n) is 7.64. The number of carbonyl (C=O) groups is 1. The molecule has 0 unspecified atom stereocenters. The average molecular weight is 294 g/mol. The average Bonchev–Trinajstić information content (AvgIpc) is 2.82. The number of nitrogens with two attached hydrogens (primary N) is 1. The molecule has 0 aliphatic carbocycles. The molecule has 2 heterocycles. The van der Waals surface area contributed by atoms with Gasteiger partial charge in [0.25, 0.3) is 0 Å². The summed E-state index contributed by atoms with van der Waals surface area (Å²) in [6.45, 7) is 7.14. The summed E-state index contributed by atoms with van der Waals surface area (Å²) in [4.78, 5) is 12.4. The summed E-state index contributed by atoms with van der Waals surface area (Å²) in [6, 6.07) is 2.06. The SMILES string of the molecule is Cc1cc(C)n(CCCNC(=O)C2(CN)CCOCC2)n1. The van der Waals surface area contributed by atoms with Gasteiger partial charge in [-0.1, -0.05) is 0 Å². The van der Waals surface area contributed by atoms with Gasteiger partial charge in [-0.25, -0.2) is 0 Å². The Morgan fingerprint density at radius 3 is 2.76 bits per heavy atom. The van der Waals surface area contributed by atoms with Crippen molar-refractivity contribution in [3.63, 3.8) is 0 Å². The van der Waals surface area contributed by atoms with Gasteiger partial charge < -0.3 is 15.8 Å². The first kappa shape index (κ1) is 16.0. The number of aryl methyl sites for hydroxylation is 3. The summed E-state index contributed by atoms with van der Waals surface area (Å²) in [6.07, 6.45) is 2.30. The molecule has 0 spiro atoms. The van der Waals surface area contributed by atoms with Gasteiger partial charge in [0.2, 0.25) is 5.91 Å². The Morgan fingerprint density at radius 2 is 2.19 bits per heavy atom. The zero-order valence-corrected chi connectivity index (χ0v) is 13.0. The lowest BCUT2D eigenvalue weighted by molar-refractivity contribution is -0.135. The van der Waals surface area contributed by atoms with Gasteiger partial charge in [-0.15, -0.1) is 0 Å². The highest BCUT2D eigenvalue weighted by atomic mass is 16.5. The number of amides is 1. The van der Waals surface area contributed by atoms with Gasteiger partial charge in [-0.2, -0.15) is 5.10 Å². The molecule has 1 amide bonds. The summed E-state index contributed by atoms with van der Waals surface area (Å²) < 4.78 is 7.31. The van der Waals surface area contributed by atoms with E-state index in [9.17, 15) is 4.79 Å². The van der Waals surface area contributed by atoms with Crippen molar-refractivity contribution in [1.82, 2.24) is 15.1 Å². The number of nitrogens with zero attached hydrogens (tertiary/aromatic N) is 2. The van der Waals surface area contributed by atoms with Crippen LogP contribution in [0.1, 0.15) is 30.7 Å². The van der Waals surface area contributed by atoms with Gasteiger partial charge in [0.15, 0.2) is 0 Å². The van der Waals surface area contributed by atoms with E-state index in [1.165, 1.54) is 0 Å². The molecule has 0 bridgehead atoms. The molecule has 118 valence electrons. The summed E-state index contributed by atoms with van der Waals surface area (Å²) in [5.41, 5.74) is 7.58. The lowest BCUT2D eigenvalue weighted by Crippen LogP contribution is -2.49. The van der Waals surface area contributed by atoms with Gasteiger partial charge in [0.1, 0.15) is 0 Å². The summed E-state index contributed by atoms with van der Waals surface area (Å²) >= 11 is 0. The Morgan fingerprint density at radius 1 is 1.48 bits per heavy atom. The van der Waals surface area contributed by atoms with Crippen molar-refractivity contribution in [2.45, 2.75) is 39.7 Å². The quantitative estimate of drug-likeness (QED) is 0.759. The lowest BCUT2D eigenvalue weighted by atomic mass is 9.79. The smallest absolute Gasteiger partial charge is 0.227 e. The molecule has 1 aliphatic rings. The van der Waals surface area contributed by atoms with Crippen molar-refractivity contribution in [2.75, 3.05) is 26.3 Å². The molecule has 1 aliphatic heterocycles. The van der Waals surface area contributed by atoms with E-state index in [-0.39, 0.29) is 5.91 Å². The summed E-state index contributed by atoms with van der Waals surface area (Å²) in [5, 5.41) is 7.44. The number of hydrogen-bond acceptors (Lipinski definition) is 4. The largest absolute Gasteiger partial charge is 0.381 e. The summed E-state index contributed by atoms with van der Waals surface area (Å²) in [7, 11) is 0. The number of carbonyl (C=O) groups excluding carboxylic acids is 1. The minimum absolute atomic E-state index is 0.0710. The predicted octanol–water partition coefficient (Wildman–Crippen LogP) is 0.762. The third-order valence-electron chi connectivity index (χ3n) is 4.26. The topological polar surface area (TPSA) is 82.2 Å². The third-order valence-corrected chi connectivity index (χ3v) is 4.26. The van der Waals surface area contributed by atoms with Crippen LogP contribution in [-0.2, 0) is 16.1 Å². The molecule has 1 aromatic rings. The molecule has 1 aromatic heterocycles. The van der Waals surface area contributed by atoms with Gasteiger partial charge in [0.05, 0.1) is 11.1 Å². The molecule has 6 nitrogen and oxygen atoms in total. The Kier molecular flexibility index (Phi) is 5.36. The van der Waals surface area contributed by atoms with Crippen molar-refractivity contribution < 1.29 is 9.53 Å². The van der Waals surface area contributed by atoms with Crippen LogP contribution in [0.3, 0.4) is 0 Å². The normalized spacial score (nSPS) is 17.7. The Hall–Kier alpha value is -1.40. The van der Waals surface area contributed by atoms with E-state index in [2.05, 4.69) is 16.5 Å². The summed E-state index contributed by atoms with van der Waals surface area (Å²) in [5.74, 6) is 0.0710. The third kappa shape index (κ3) is 3.83. The first-order valence-corrected chi connectivity index (χ1v) is 7.64. The molecule has 1 fully saturated rings. The minimum Gasteiger partial charge on any atom is -0.381 e. The number of ether oxygens (including phenoxy) is 1. The molecule has 0 saturated carbocycles. The Balaban J connectivity index is 1.77. The van der Waals surface area contributed by atoms with Gasteiger partial charge in [-0.3, -0.25) is 9.48 Å². The van der Waals surface area contributed by atoms with Crippen molar-refractivity contribution in [1.29, 1.82) is 0 Å². The van der Waals surface area contributed by atoms with E-state index in [1.807, 2.05) is 18.5 Å². The minimum atomic E-state index is -0.434. The van der Waals surface area contributed by atoms with E-state index >= 15 is 0 Å². The fourth-order valence-corrected chi connectivity index (χ4v) is 2.81. The molecule has 3 N–H and O–H groups in total. The highest BCUT2D eigenvalue weighted by Crippen LogP contribution is 2.29. The van der Waals surface area contributed by atoms with Crippen LogP contribution < -0.4 is 11.1 Å². The second kappa shape index (κ2) is 7.04. The molecule has 0 radical (unpaired) electrons. The first-order chi connectivity index (χ1) is 10.1.